The fourth-order valence-corrected chi connectivity index (χ4v) is 4.70. The van der Waals surface area contributed by atoms with Gasteiger partial charge in [-0.05, 0) is 42.7 Å². The van der Waals surface area contributed by atoms with Crippen molar-refractivity contribution in [3.05, 3.63) is 30.3 Å². The highest BCUT2D eigenvalue weighted by Gasteiger charge is 2.37. The monoisotopic (exact) mass is 294 g/mol. The summed E-state index contributed by atoms with van der Waals surface area (Å²) in [4.78, 5) is 0. The summed E-state index contributed by atoms with van der Waals surface area (Å²) in [6.45, 7) is 8.66. The summed E-state index contributed by atoms with van der Waals surface area (Å²) in [6.07, 6.45) is 4.62. The minimum Gasteiger partial charge on any atom is -0.322 e. The second-order valence-corrected chi connectivity index (χ2v) is 9.23. The van der Waals surface area contributed by atoms with Crippen LogP contribution in [0.25, 0.3) is 0 Å². The standard InChI is InChI=1S/C17H27O2P/c1-14(2)17(3)12-8-9-15(13-17)19-20(4,18)16-10-6-5-7-11-16/h5-7,10-11,14-15H,8-9,12-13H2,1-4H3. The van der Waals surface area contributed by atoms with E-state index in [0.717, 1.165) is 18.1 Å². The number of benzene rings is 1. The van der Waals surface area contributed by atoms with Crippen LogP contribution in [-0.4, -0.2) is 12.8 Å². The predicted octanol–water partition coefficient (Wildman–Crippen LogP) is 4.84. The first-order chi connectivity index (χ1) is 9.33. The zero-order valence-electron chi connectivity index (χ0n) is 13.1. The Bertz CT molecular complexity index is 483. The van der Waals surface area contributed by atoms with Crippen LogP contribution < -0.4 is 5.30 Å². The van der Waals surface area contributed by atoms with Crippen molar-refractivity contribution < 1.29 is 9.09 Å². The molecule has 112 valence electrons. The van der Waals surface area contributed by atoms with Crippen molar-refractivity contribution >= 4 is 12.7 Å². The second kappa shape index (κ2) is 6.03. The molecule has 0 radical (unpaired) electrons. The largest absolute Gasteiger partial charge is 0.322 e. The topological polar surface area (TPSA) is 26.3 Å². The van der Waals surface area contributed by atoms with E-state index in [1.54, 1.807) is 6.66 Å². The van der Waals surface area contributed by atoms with Gasteiger partial charge in [0, 0.05) is 12.0 Å². The molecular formula is C17H27O2P. The van der Waals surface area contributed by atoms with Gasteiger partial charge in [0.15, 0.2) is 0 Å². The first-order valence-electron chi connectivity index (χ1n) is 7.65. The summed E-state index contributed by atoms with van der Waals surface area (Å²) >= 11 is 0. The lowest BCUT2D eigenvalue weighted by Gasteiger charge is -2.41. The van der Waals surface area contributed by atoms with Crippen molar-refractivity contribution in [1.29, 1.82) is 0 Å². The van der Waals surface area contributed by atoms with E-state index in [1.807, 2.05) is 30.3 Å². The molecule has 0 bridgehead atoms. The molecule has 3 unspecified atom stereocenters. The average Bonchev–Trinajstić information content (AvgIpc) is 2.39. The van der Waals surface area contributed by atoms with E-state index in [9.17, 15) is 4.57 Å². The van der Waals surface area contributed by atoms with Gasteiger partial charge in [-0.1, -0.05) is 45.4 Å². The molecule has 0 heterocycles. The maximum atomic E-state index is 12.8. The zero-order valence-corrected chi connectivity index (χ0v) is 14.0. The smallest absolute Gasteiger partial charge is 0.229 e. The van der Waals surface area contributed by atoms with Crippen LogP contribution in [0.4, 0.5) is 0 Å². The summed E-state index contributed by atoms with van der Waals surface area (Å²) < 4.78 is 18.9. The predicted molar refractivity (Wildman–Crippen MR) is 85.9 cm³/mol. The molecule has 0 aromatic heterocycles. The molecule has 20 heavy (non-hydrogen) atoms. The Morgan fingerprint density at radius 1 is 1.30 bits per heavy atom. The summed E-state index contributed by atoms with van der Waals surface area (Å²) in [7, 11) is -2.70. The van der Waals surface area contributed by atoms with Crippen LogP contribution in [0, 0.1) is 11.3 Å². The summed E-state index contributed by atoms with van der Waals surface area (Å²) in [5.74, 6) is 0.641. The molecule has 1 aromatic carbocycles. The van der Waals surface area contributed by atoms with Crippen molar-refractivity contribution in [2.24, 2.45) is 11.3 Å². The van der Waals surface area contributed by atoms with Gasteiger partial charge in [0.25, 0.3) is 0 Å². The highest BCUT2D eigenvalue weighted by molar-refractivity contribution is 7.66. The summed E-state index contributed by atoms with van der Waals surface area (Å²) in [5.41, 5.74) is 0.319. The third kappa shape index (κ3) is 3.54. The maximum Gasteiger partial charge on any atom is 0.229 e. The lowest BCUT2D eigenvalue weighted by Crippen LogP contribution is -2.34. The Morgan fingerprint density at radius 3 is 2.55 bits per heavy atom. The zero-order chi connectivity index (χ0) is 14.8. The number of hydrogen-bond donors (Lipinski definition) is 0. The highest BCUT2D eigenvalue weighted by atomic mass is 31.2. The van der Waals surface area contributed by atoms with Gasteiger partial charge in [0.2, 0.25) is 7.37 Å². The first-order valence-corrected chi connectivity index (χ1v) is 9.72. The first kappa shape index (κ1) is 15.8. The minimum absolute atomic E-state index is 0.132. The Labute approximate surface area is 123 Å². The third-order valence-corrected chi connectivity index (χ3v) is 6.87. The summed E-state index contributed by atoms with van der Waals surface area (Å²) in [5, 5.41) is 0.830. The molecule has 1 aliphatic carbocycles. The van der Waals surface area contributed by atoms with Crippen LogP contribution in [0.5, 0.6) is 0 Å². The Morgan fingerprint density at radius 2 is 1.95 bits per heavy atom. The summed E-state index contributed by atoms with van der Waals surface area (Å²) in [6, 6.07) is 9.61. The van der Waals surface area contributed by atoms with Crippen LogP contribution in [0.3, 0.4) is 0 Å². The Hall–Kier alpha value is -0.590. The molecule has 0 aliphatic heterocycles. The molecular weight excluding hydrogens is 267 g/mol. The van der Waals surface area contributed by atoms with E-state index in [0.29, 0.717) is 11.3 Å². The van der Waals surface area contributed by atoms with Gasteiger partial charge < -0.3 is 4.52 Å². The molecule has 0 saturated heterocycles. The van der Waals surface area contributed by atoms with E-state index in [1.165, 1.54) is 12.8 Å². The molecule has 2 nitrogen and oxygen atoms in total. The van der Waals surface area contributed by atoms with Gasteiger partial charge in [0.05, 0.1) is 6.10 Å². The van der Waals surface area contributed by atoms with Crippen molar-refractivity contribution in [3.63, 3.8) is 0 Å². The van der Waals surface area contributed by atoms with Crippen LogP contribution >= 0.6 is 7.37 Å². The molecule has 1 fully saturated rings. The average molecular weight is 294 g/mol. The third-order valence-electron chi connectivity index (χ3n) is 4.94. The fourth-order valence-electron chi connectivity index (χ4n) is 3.12. The van der Waals surface area contributed by atoms with Crippen LogP contribution in [0.1, 0.15) is 46.5 Å². The Balaban J connectivity index is 2.08. The van der Waals surface area contributed by atoms with Crippen molar-refractivity contribution in [2.75, 3.05) is 6.66 Å². The molecule has 1 saturated carbocycles. The SMILES string of the molecule is CC(C)C1(C)CCCC(OP(C)(=O)c2ccccc2)C1. The van der Waals surface area contributed by atoms with Gasteiger partial charge in [0.1, 0.15) is 0 Å². The lowest BCUT2D eigenvalue weighted by atomic mass is 9.68. The maximum absolute atomic E-state index is 12.8. The van der Waals surface area contributed by atoms with E-state index in [4.69, 9.17) is 4.52 Å². The fraction of sp³-hybridized carbons (Fsp3) is 0.647. The van der Waals surface area contributed by atoms with Crippen molar-refractivity contribution in [3.8, 4) is 0 Å². The van der Waals surface area contributed by atoms with Gasteiger partial charge in [-0.25, -0.2) is 0 Å². The van der Waals surface area contributed by atoms with Crippen LogP contribution in [-0.2, 0) is 9.09 Å². The highest BCUT2D eigenvalue weighted by Crippen LogP contribution is 2.49. The normalized spacial score (nSPS) is 30.1. The van der Waals surface area contributed by atoms with E-state index in [2.05, 4.69) is 20.8 Å². The van der Waals surface area contributed by atoms with E-state index in [-0.39, 0.29) is 6.10 Å². The minimum atomic E-state index is -2.70. The Kier molecular flexibility index (Phi) is 4.76. The molecule has 1 aromatic rings. The van der Waals surface area contributed by atoms with E-state index >= 15 is 0 Å². The van der Waals surface area contributed by atoms with E-state index < -0.39 is 7.37 Å². The lowest BCUT2D eigenvalue weighted by molar-refractivity contribution is 0.0476. The molecule has 2 rings (SSSR count). The van der Waals surface area contributed by atoms with Crippen molar-refractivity contribution in [1.82, 2.24) is 0 Å². The van der Waals surface area contributed by atoms with Gasteiger partial charge in [-0.3, -0.25) is 4.57 Å². The molecule has 3 heteroatoms. The number of hydrogen-bond acceptors (Lipinski definition) is 2. The van der Waals surface area contributed by atoms with Crippen LogP contribution in [0.15, 0.2) is 30.3 Å². The molecule has 0 amide bonds. The van der Waals surface area contributed by atoms with Crippen LogP contribution in [0.2, 0.25) is 0 Å². The van der Waals surface area contributed by atoms with Gasteiger partial charge in [-0.2, -0.15) is 0 Å². The molecule has 0 N–H and O–H groups in total. The second-order valence-electron chi connectivity index (χ2n) is 6.81. The van der Waals surface area contributed by atoms with Gasteiger partial charge in [-0.15, -0.1) is 0 Å². The molecule has 3 atom stereocenters. The van der Waals surface area contributed by atoms with Crippen molar-refractivity contribution in [2.45, 2.75) is 52.6 Å². The molecule has 0 spiro atoms. The quantitative estimate of drug-likeness (QED) is 0.743. The van der Waals surface area contributed by atoms with Gasteiger partial charge >= 0.3 is 0 Å². The number of rotatable bonds is 4. The molecule has 1 aliphatic rings.